The molecule has 2 unspecified atom stereocenters. The van der Waals surface area contributed by atoms with E-state index in [1.807, 2.05) is 6.92 Å². The number of carbonyl (C=O) groups is 2. The molecule has 0 aromatic carbocycles. The van der Waals surface area contributed by atoms with Crippen molar-refractivity contribution in [3.8, 4) is 0 Å². The lowest BCUT2D eigenvalue weighted by Gasteiger charge is -2.16. The summed E-state index contributed by atoms with van der Waals surface area (Å²) in [7, 11) is 1.46. The fourth-order valence-corrected chi connectivity index (χ4v) is 0.969. The van der Waals surface area contributed by atoms with Crippen molar-refractivity contribution in [2.75, 3.05) is 20.3 Å². The van der Waals surface area contributed by atoms with Gasteiger partial charge in [-0.3, -0.25) is 9.59 Å². The SMILES string of the molecule is CCNC(=O)C(C)NC(=O)C(N)COC. The van der Waals surface area contributed by atoms with Gasteiger partial charge in [0.1, 0.15) is 12.1 Å². The Morgan fingerprint density at radius 1 is 1.40 bits per heavy atom. The van der Waals surface area contributed by atoms with Crippen LogP contribution in [0.3, 0.4) is 0 Å². The zero-order valence-corrected chi connectivity index (χ0v) is 9.37. The third-order valence-corrected chi connectivity index (χ3v) is 1.79. The fourth-order valence-electron chi connectivity index (χ4n) is 0.969. The largest absolute Gasteiger partial charge is 0.383 e. The van der Waals surface area contributed by atoms with E-state index in [-0.39, 0.29) is 12.5 Å². The van der Waals surface area contributed by atoms with Crippen LogP contribution in [-0.4, -0.2) is 44.2 Å². The van der Waals surface area contributed by atoms with Gasteiger partial charge in [0.25, 0.3) is 0 Å². The maximum absolute atomic E-state index is 11.4. The van der Waals surface area contributed by atoms with Crippen molar-refractivity contribution in [3.05, 3.63) is 0 Å². The molecule has 0 saturated heterocycles. The average molecular weight is 217 g/mol. The summed E-state index contributed by atoms with van der Waals surface area (Å²) in [5.74, 6) is -0.619. The van der Waals surface area contributed by atoms with Crippen LogP contribution < -0.4 is 16.4 Å². The van der Waals surface area contributed by atoms with Gasteiger partial charge in [0.05, 0.1) is 6.61 Å². The summed E-state index contributed by atoms with van der Waals surface area (Å²) in [4.78, 5) is 22.6. The van der Waals surface area contributed by atoms with E-state index in [1.54, 1.807) is 6.92 Å². The molecule has 4 N–H and O–H groups in total. The van der Waals surface area contributed by atoms with Crippen LogP contribution in [0.2, 0.25) is 0 Å². The van der Waals surface area contributed by atoms with Crippen LogP contribution in [0.15, 0.2) is 0 Å². The van der Waals surface area contributed by atoms with Crippen LogP contribution in [0.1, 0.15) is 13.8 Å². The molecule has 0 spiro atoms. The number of ether oxygens (including phenoxy) is 1. The highest BCUT2D eigenvalue weighted by atomic mass is 16.5. The first kappa shape index (κ1) is 13.9. The molecular weight excluding hydrogens is 198 g/mol. The molecule has 0 radical (unpaired) electrons. The Balaban J connectivity index is 4.00. The zero-order valence-electron chi connectivity index (χ0n) is 9.37. The van der Waals surface area contributed by atoms with Crippen molar-refractivity contribution in [2.45, 2.75) is 25.9 Å². The van der Waals surface area contributed by atoms with Crippen molar-refractivity contribution in [1.82, 2.24) is 10.6 Å². The maximum Gasteiger partial charge on any atom is 0.242 e. The molecule has 0 aliphatic heterocycles. The van der Waals surface area contributed by atoms with Crippen LogP contribution in [0, 0.1) is 0 Å². The standard InChI is InChI=1S/C9H19N3O3/c1-4-11-8(13)6(2)12-9(14)7(10)5-15-3/h6-7H,4-5,10H2,1-3H3,(H,11,13)(H,12,14). The van der Waals surface area contributed by atoms with Crippen LogP contribution >= 0.6 is 0 Å². The topological polar surface area (TPSA) is 93.5 Å². The van der Waals surface area contributed by atoms with Gasteiger partial charge >= 0.3 is 0 Å². The van der Waals surface area contributed by atoms with Gasteiger partial charge in [-0.05, 0) is 13.8 Å². The molecule has 0 aliphatic rings. The number of hydrogen-bond donors (Lipinski definition) is 3. The Bertz CT molecular complexity index is 221. The summed E-state index contributed by atoms with van der Waals surface area (Å²) in [6, 6.07) is -1.33. The van der Waals surface area contributed by atoms with Gasteiger partial charge in [-0.2, -0.15) is 0 Å². The minimum Gasteiger partial charge on any atom is -0.383 e. The molecule has 6 heteroatoms. The van der Waals surface area contributed by atoms with E-state index >= 15 is 0 Å². The second-order valence-corrected chi connectivity index (χ2v) is 3.19. The number of amides is 2. The molecule has 0 rings (SSSR count). The van der Waals surface area contributed by atoms with Crippen LogP contribution in [-0.2, 0) is 14.3 Å². The Morgan fingerprint density at radius 3 is 2.47 bits per heavy atom. The highest BCUT2D eigenvalue weighted by molar-refractivity contribution is 5.89. The molecule has 0 saturated carbocycles. The first-order chi connectivity index (χ1) is 7.02. The van der Waals surface area contributed by atoms with Gasteiger partial charge < -0.3 is 21.1 Å². The summed E-state index contributed by atoms with van der Waals surface area (Å²) < 4.78 is 4.73. The van der Waals surface area contributed by atoms with E-state index in [4.69, 9.17) is 10.5 Å². The second kappa shape index (κ2) is 7.19. The summed E-state index contributed by atoms with van der Waals surface area (Å²) in [5, 5.41) is 5.09. The number of nitrogens with two attached hydrogens (primary N) is 1. The molecule has 88 valence electrons. The monoisotopic (exact) mass is 217 g/mol. The molecule has 0 aromatic rings. The van der Waals surface area contributed by atoms with Gasteiger partial charge in [-0.25, -0.2) is 0 Å². The Labute approximate surface area is 89.5 Å². The van der Waals surface area contributed by atoms with E-state index in [0.29, 0.717) is 6.54 Å². The third kappa shape index (κ3) is 5.34. The highest BCUT2D eigenvalue weighted by Gasteiger charge is 2.19. The molecule has 0 bridgehead atoms. The van der Waals surface area contributed by atoms with Gasteiger partial charge in [0.15, 0.2) is 0 Å². The molecule has 6 nitrogen and oxygen atoms in total. The quantitative estimate of drug-likeness (QED) is 0.510. The average Bonchev–Trinajstić information content (AvgIpc) is 2.18. The molecule has 0 heterocycles. The van der Waals surface area contributed by atoms with E-state index in [2.05, 4.69) is 10.6 Å². The number of rotatable bonds is 6. The zero-order chi connectivity index (χ0) is 11.8. The predicted octanol–water partition coefficient (Wildman–Crippen LogP) is -1.40. The number of nitrogens with one attached hydrogen (secondary N) is 2. The Hall–Kier alpha value is -1.14. The predicted molar refractivity (Wildman–Crippen MR) is 56.1 cm³/mol. The van der Waals surface area contributed by atoms with Gasteiger partial charge in [0, 0.05) is 13.7 Å². The number of methoxy groups -OCH3 is 1. The Morgan fingerprint density at radius 2 is 2.00 bits per heavy atom. The van der Waals surface area contributed by atoms with E-state index in [1.165, 1.54) is 7.11 Å². The lowest BCUT2D eigenvalue weighted by Crippen LogP contribution is -2.51. The van der Waals surface area contributed by atoms with Crippen molar-refractivity contribution in [2.24, 2.45) is 5.73 Å². The summed E-state index contributed by atoms with van der Waals surface area (Å²) >= 11 is 0. The lowest BCUT2D eigenvalue weighted by atomic mass is 10.2. The molecule has 2 atom stereocenters. The molecule has 0 aromatic heterocycles. The second-order valence-electron chi connectivity index (χ2n) is 3.19. The number of hydrogen-bond acceptors (Lipinski definition) is 4. The first-order valence-corrected chi connectivity index (χ1v) is 4.85. The van der Waals surface area contributed by atoms with Crippen molar-refractivity contribution in [1.29, 1.82) is 0 Å². The van der Waals surface area contributed by atoms with Crippen molar-refractivity contribution >= 4 is 11.8 Å². The molecule has 15 heavy (non-hydrogen) atoms. The summed E-state index contributed by atoms with van der Waals surface area (Å²) in [5.41, 5.74) is 5.48. The first-order valence-electron chi connectivity index (χ1n) is 4.85. The lowest BCUT2D eigenvalue weighted by molar-refractivity contribution is -0.129. The van der Waals surface area contributed by atoms with Gasteiger partial charge in [0.2, 0.25) is 11.8 Å². The van der Waals surface area contributed by atoms with E-state index in [9.17, 15) is 9.59 Å². The third-order valence-electron chi connectivity index (χ3n) is 1.79. The smallest absolute Gasteiger partial charge is 0.242 e. The van der Waals surface area contributed by atoms with Crippen LogP contribution in [0.25, 0.3) is 0 Å². The van der Waals surface area contributed by atoms with Crippen LogP contribution in [0.4, 0.5) is 0 Å². The molecule has 2 amide bonds. The van der Waals surface area contributed by atoms with E-state index in [0.717, 1.165) is 0 Å². The molecular formula is C9H19N3O3. The number of likely N-dealkylation sites (N-methyl/N-ethyl adjacent to an activating group) is 1. The minimum absolute atomic E-state index is 0.133. The van der Waals surface area contributed by atoms with Gasteiger partial charge in [-0.1, -0.05) is 0 Å². The highest BCUT2D eigenvalue weighted by Crippen LogP contribution is 1.86. The normalized spacial score (nSPS) is 14.1. The van der Waals surface area contributed by atoms with Gasteiger partial charge in [-0.15, -0.1) is 0 Å². The molecule has 0 fully saturated rings. The van der Waals surface area contributed by atoms with Crippen LogP contribution in [0.5, 0.6) is 0 Å². The van der Waals surface area contributed by atoms with Crippen molar-refractivity contribution in [3.63, 3.8) is 0 Å². The van der Waals surface area contributed by atoms with Crippen molar-refractivity contribution < 1.29 is 14.3 Å². The summed E-state index contributed by atoms with van der Waals surface area (Å²) in [6.07, 6.45) is 0. The Kier molecular flexibility index (Phi) is 6.64. The summed E-state index contributed by atoms with van der Waals surface area (Å²) in [6.45, 7) is 4.07. The maximum atomic E-state index is 11.4. The molecule has 0 aliphatic carbocycles. The van der Waals surface area contributed by atoms with E-state index < -0.39 is 18.0 Å². The minimum atomic E-state index is -0.744. The fraction of sp³-hybridized carbons (Fsp3) is 0.778. The number of carbonyl (C=O) groups excluding carboxylic acids is 2.